The van der Waals surface area contributed by atoms with Crippen molar-refractivity contribution in [1.82, 2.24) is 0 Å². The molecule has 0 unspecified atom stereocenters. The summed E-state index contributed by atoms with van der Waals surface area (Å²) in [6.07, 6.45) is 0. The number of nitrogens with one attached hydrogen (secondary N) is 1. The van der Waals surface area contributed by atoms with Crippen LogP contribution in [0.2, 0.25) is 0 Å². The molecule has 1 N–H and O–H groups in total. The van der Waals surface area contributed by atoms with Crippen LogP contribution in [0.4, 0.5) is 0 Å². The maximum Gasteiger partial charge on any atom is 0 e. The summed E-state index contributed by atoms with van der Waals surface area (Å²) in [7, 11) is 0. The van der Waals surface area contributed by atoms with Crippen molar-refractivity contribution >= 4 is 68.9 Å². The zero-order chi connectivity index (χ0) is 2.71. The molecule has 0 heterocycles. The third kappa shape index (κ3) is 10.1. The molecule has 0 saturated carbocycles. The van der Waals surface area contributed by atoms with Gasteiger partial charge in [0.1, 0.15) is 0 Å². The Morgan fingerprint density at radius 2 is 1.75 bits per heavy atom. The predicted octanol–water partition coefficient (Wildman–Crippen LogP) is 0.495. The van der Waals surface area contributed by atoms with E-state index < -0.39 is 0 Å². The molecule has 0 atom stereocenters. The molecule has 0 spiro atoms. The van der Waals surface area contributed by atoms with E-state index in [1.807, 2.05) is 0 Å². The average Bonchev–Trinajstić information content (AvgIpc) is 0.918. The van der Waals surface area contributed by atoms with Gasteiger partial charge < -0.3 is 0 Å². The van der Waals surface area contributed by atoms with Crippen molar-refractivity contribution in [2.75, 3.05) is 0 Å². The van der Waals surface area contributed by atoms with Crippen molar-refractivity contribution < 1.29 is 0 Å². The van der Waals surface area contributed by atoms with Crippen molar-refractivity contribution in [2.45, 2.75) is 0 Å². The second-order valence-electron chi connectivity index (χ2n) is 0.100. The van der Waals surface area contributed by atoms with E-state index in [0.717, 1.165) is 0 Å². The van der Waals surface area contributed by atoms with Gasteiger partial charge >= 0.3 is 0 Å². The summed E-state index contributed by atoms with van der Waals surface area (Å²) in [6.45, 7) is 0. The fraction of sp³-hybridized carbons (Fsp3) is 0. The minimum absolute atomic E-state index is 0. The van der Waals surface area contributed by atoms with Gasteiger partial charge in [-0.3, -0.25) is 0 Å². The first kappa shape index (κ1) is 9.03. The van der Waals surface area contributed by atoms with E-state index in [0.29, 0.717) is 0 Å². The second kappa shape index (κ2) is 8.84. The fourth-order valence-corrected chi connectivity index (χ4v) is 0. The molecule has 1 radical (unpaired) electrons. The molecule has 3 nitrogen and oxygen atoms in total. The molecular weight excluding hydrogens is 175 g/mol. The smallest absolute Gasteiger partial charge is 0 e. The van der Waals surface area contributed by atoms with Crippen LogP contribution < -0.4 is 0 Å². The van der Waals surface area contributed by atoms with Crippen molar-refractivity contribution in [3.8, 4) is 0 Å². The molecule has 0 fully saturated rings. The Morgan fingerprint density at radius 1 is 1.75 bits per heavy atom. The molecule has 0 aliphatic heterocycles. The molecule has 0 aromatic heterocycles. The molecule has 0 aromatic carbocycles. The summed E-state index contributed by atoms with van der Waals surface area (Å²) in [4.78, 5) is 1.75. The minimum Gasteiger partial charge on any atom is -0.108 e. The molecule has 0 amide bonds. The Morgan fingerprint density at radius 3 is 1.75 bits per heavy atom. The molecule has 17 valence electrons. The first-order valence-electron chi connectivity index (χ1n) is 0.424. The Labute approximate surface area is 82.6 Å². The zero-order valence-corrected chi connectivity index (χ0v) is 8.67. The molecule has 0 aromatic rings. The van der Waals surface area contributed by atoms with Crippen LogP contribution in [0.5, 0.6) is 0 Å². The Hall–Kier alpha value is 1.36. The van der Waals surface area contributed by atoms with Crippen molar-refractivity contribution in [1.29, 1.82) is 5.53 Å². The van der Waals surface area contributed by atoms with E-state index in [9.17, 15) is 0 Å². The van der Waals surface area contributed by atoms with E-state index >= 15 is 0 Å². The summed E-state index contributed by atoms with van der Waals surface area (Å²) in [6, 6.07) is 0. The average molecular weight is 176 g/mol. The van der Waals surface area contributed by atoms with Gasteiger partial charge in [-0.2, -0.15) is 0 Å². The molecule has 0 saturated heterocycles. The molecule has 4 heavy (non-hydrogen) atoms. The Balaban J connectivity index is 0. The molecule has 0 rings (SSSR count). The van der Waals surface area contributed by atoms with Crippen molar-refractivity contribution in [3.63, 3.8) is 0 Å². The van der Waals surface area contributed by atoms with E-state index in [1.165, 1.54) is 0 Å². The van der Waals surface area contributed by atoms with E-state index in [-0.39, 0.29) is 68.9 Å². The molecule has 0 aliphatic rings. The SMILES string of the molecule is [Cs].[N-]=[N+]=N. The summed E-state index contributed by atoms with van der Waals surface area (Å²) in [5.74, 6) is 0. The maximum atomic E-state index is 6.86. The second-order valence-corrected chi connectivity index (χ2v) is 0.100. The van der Waals surface area contributed by atoms with Gasteiger partial charge in [0.15, 0.2) is 0 Å². The van der Waals surface area contributed by atoms with Gasteiger partial charge in [-0.05, 0) is 10.4 Å². The third-order valence-electron chi connectivity index (χ3n) is 0. The molecule has 4 heteroatoms. The first-order chi connectivity index (χ1) is 1.41. The van der Waals surface area contributed by atoms with E-state index in [4.69, 9.17) is 11.1 Å². The monoisotopic (exact) mass is 176 g/mol. The summed E-state index contributed by atoms with van der Waals surface area (Å²) in [5, 5.41) is 0. The van der Waals surface area contributed by atoms with Crippen molar-refractivity contribution in [3.05, 3.63) is 10.4 Å². The van der Waals surface area contributed by atoms with Gasteiger partial charge in [0.25, 0.3) is 0 Å². The number of hydrogen-bond donors (Lipinski definition) is 1. The predicted molar refractivity (Wildman–Crippen MR) is 15.2 cm³/mol. The van der Waals surface area contributed by atoms with Gasteiger partial charge in [-0.15, -0.1) is 5.53 Å². The van der Waals surface area contributed by atoms with Gasteiger partial charge in [-0.25, -0.2) is 0 Å². The van der Waals surface area contributed by atoms with Crippen LogP contribution in [0.3, 0.4) is 0 Å². The number of rotatable bonds is 0. The standard InChI is InChI=1S/Cs.HN3/c;1-3-2/h;1H. The Kier molecular flexibility index (Phi) is 19.9. The van der Waals surface area contributed by atoms with E-state index in [1.54, 1.807) is 4.91 Å². The van der Waals surface area contributed by atoms with Crippen LogP contribution in [0.1, 0.15) is 0 Å². The van der Waals surface area contributed by atoms with Crippen LogP contribution in [-0.4, -0.2) is 68.9 Å². The Bertz CT molecular complexity index is 24.3. The largest absolute Gasteiger partial charge is 0.108 e. The quantitative estimate of drug-likeness (QED) is 0.317. The zero-order valence-electron chi connectivity index (χ0n) is 2.39. The number of hydrogen-bond acceptors (Lipinski definition) is 1. The maximum absolute atomic E-state index is 6.86. The summed E-state index contributed by atoms with van der Waals surface area (Å²) < 4.78 is 0. The van der Waals surface area contributed by atoms with Crippen LogP contribution >= 0.6 is 0 Å². The summed E-state index contributed by atoms with van der Waals surface area (Å²) >= 11 is 0. The number of nitrogens with zero attached hydrogens (tertiary/aromatic N) is 2. The van der Waals surface area contributed by atoms with Gasteiger partial charge in [0.2, 0.25) is 0 Å². The van der Waals surface area contributed by atoms with Gasteiger partial charge in [0, 0.05) is 68.9 Å². The minimum atomic E-state index is 0. The van der Waals surface area contributed by atoms with Crippen molar-refractivity contribution in [2.24, 2.45) is 0 Å². The molecule has 0 bridgehead atoms. The molecular formula is HCsN3. The molecule has 0 aliphatic carbocycles. The third-order valence-corrected chi connectivity index (χ3v) is 0. The van der Waals surface area contributed by atoms with Gasteiger partial charge in [-0.1, -0.05) is 0 Å². The van der Waals surface area contributed by atoms with E-state index in [2.05, 4.69) is 0 Å². The van der Waals surface area contributed by atoms with Crippen LogP contribution in [0.25, 0.3) is 10.4 Å². The van der Waals surface area contributed by atoms with Gasteiger partial charge in [0.05, 0.1) is 0 Å². The first-order valence-corrected chi connectivity index (χ1v) is 0.424. The van der Waals surface area contributed by atoms with Crippen LogP contribution in [-0.2, 0) is 0 Å². The normalized spacial score (nSPS) is 2.00. The van der Waals surface area contributed by atoms with Crippen LogP contribution in [0.15, 0.2) is 0 Å². The van der Waals surface area contributed by atoms with Crippen LogP contribution in [0, 0.1) is 5.53 Å². The topological polar surface area (TPSA) is 60.3 Å². The fourth-order valence-electron chi connectivity index (χ4n) is 0. The summed E-state index contributed by atoms with van der Waals surface area (Å²) in [5.41, 5.74) is 12.2.